The standard InChI is InChI=1S/C21H16Cl2N4O2/c1-12-3-6-15(7-4-12)27-25-18-8-5-14(11-19(18)26-27)24-21(28)13-9-16(22)20(29-2)17(23)10-13/h3-11H,1-2H3,(H,24,28). The van der Waals surface area contributed by atoms with Crippen molar-refractivity contribution < 1.29 is 9.53 Å². The lowest BCUT2D eigenvalue weighted by molar-refractivity contribution is 0.102. The van der Waals surface area contributed by atoms with Gasteiger partial charge in [0.25, 0.3) is 5.91 Å². The van der Waals surface area contributed by atoms with Crippen LogP contribution in [0.3, 0.4) is 0 Å². The molecular weight excluding hydrogens is 411 g/mol. The first-order valence-electron chi connectivity index (χ1n) is 8.73. The zero-order valence-corrected chi connectivity index (χ0v) is 17.1. The molecule has 1 N–H and O–H groups in total. The van der Waals surface area contributed by atoms with Crippen LogP contribution in [0.25, 0.3) is 16.7 Å². The van der Waals surface area contributed by atoms with Crippen LogP contribution in [-0.2, 0) is 0 Å². The maximum absolute atomic E-state index is 12.6. The predicted molar refractivity (Wildman–Crippen MR) is 115 cm³/mol. The molecule has 3 aromatic carbocycles. The third-order valence-electron chi connectivity index (χ3n) is 4.37. The highest BCUT2D eigenvalue weighted by atomic mass is 35.5. The first-order chi connectivity index (χ1) is 13.9. The van der Waals surface area contributed by atoms with E-state index in [0.29, 0.717) is 22.5 Å². The molecular formula is C21H16Cl2N4O2. The molecule has 0 bridgehead atoms. The van der Waals surface area contributed by atoms with Crippen molar-refractivity contribution in [2.75, 3.05) is 12.4 Å². The van der Waals surface area contributed by atoms with E-state index in [2.05, 4.69) is 15.5 Å². The van der Waals surface area contributed by atoms with E-state index >= 15 is 0 Å². The summed E-state index contributed by atoms with van der Waals surface area (Å²) in [6, 6.07) is 16.2. The molecule has 0 aliphatic carbocycles. The van der Waals surface area contributed by atoms with Gasteiger partial charge in [-0.05, 0) is 49.4 Å². The van der Waals surface area contributed by atoms with Gasteiger partial charge in [0, 0.05) is 11.3 Å². The van der Waals surface area contributed by atoms with Crippen LogP contribution in [0, 0.1) is 6.92 Å². The zero-order valence-electron chi connectivity index (χ0n) is 15.6. The first-order valence-corrected chi connectivity index (χ1v) is 9.49. The van der Waals surface area contributed by atoms with Gasteiger partial charge in [-0.1, -0.05) is 40.9 Å². The number of nitrogens with zero attached hydrogens (tertiary/aromatic N) is 3. The van der Waals surface area contributed by atoms with E-state index < -0.39 is 0 Å². The number of aryl methyl sites for hydroxylation is 1. The molecule has 0 aliphatic heterocycles. The maximum atomic E-state index is 12.6. The SMILES string of the molecule is COc1c(Cl)cc(C(=O)Nc2ccc3nn(-c4ccc(C)cc4)nc3c2)cc1Cl. The van der Waals surface area contributed by atoms with Gasteiger partial charge in [-0.15, -0.1) is 10.2 Å². The summed E-state index contributed by atoms with van der Waals surface area (Å²) >= 11 is 12.2. The highest BCUT2D eigenvalue weighted by Gasteiger charge is 2.14. The Kier molecular flexibility index (Phi) is 5.13. The van der Waals surface area contributed by atoms with Crippen LogP contribution in [0.1, 0.15) is 15.9 Å². The molecule has 4 aromatic rings. The number of benzene rings is 3. The summed E-state index contributed by atoms with van der Waals surface area (Å²) in [6.45, 7) is 2.02. The molecule has 29 heavy (non-hydrogen) atoms. The minimum atomic E-state index is -0.346. The quantitative estimate of drug-likeness (QED) is 0.480. The van der Waals surface area contributed by atoms with Crippen LogP contribution in [0.2, 0.25) is 10.0 Å². The second kappa shape index (κ2) is 7.73. The Morgan fingerprint density at radius 3 is 2.28 bits per heavy atom. The number of halogens is 2. The van der Waals surface area contributed by atoms with Crippen molar-refractivity contribution in [2.45, 2.75) is 6.92 Å². The molecule has 1 heterocycles. The van der Waals surface area contributed by atoms with Crippen molar-refractivity contribution in [3.8, 4) is 11.4 Å². The van der Waals surface area contributed by atoms with Crippen LogP contribution in [-0.4, -0.2) is 28.0 Å². The van der Waals surface area contributed by atoms with Crippen molar-refractivity contribution in [2.24, 2.45) is 0 Å². The molecule has 0 spiro atoms. The Bertz CT molecular complexity index is 1200. The highest BCUT2D eigenvalue weighted by molar-refractivity contribution is 6.37. The fourth-order valence-electron chi connectivity index (χ4n) is 2.88. The molecule has 4 rings (SSSR count). The smallest absolute Gasteiger partial charge is 0.255 e. The third-order valence-corrected chi connectivity index (χ3v) is 4.93. The summed E-state index contributed by atoms with van der Waals surface area (Å²) in [5, 5.41) is 12.3. The Balaban J connectivity index is 1.60. The summed E-state index contributed by atoms with van der Waals surface area (Å²) in [5.41, 5.74) is 4.31. The number of carbonyl (C=O) groups excluding carboxylic acids is 1. The number of hydrogen-bond donors (Lipinski definition) is 1. The van der Waals surface area contributed by atoms with Crippen LogP contribution in [0.5, 0.6) is 5.75 Å². The largest absolute Gasteiger partial charge is 0.494 e. The molecule has 0 fully saturated rings. The molecule has 0 saturated carbocycles. The van der Waals surface area contributed by atoms with Crippen molar-refractivity contribution in [3.05, 3.63) is 75.8 Å². The average molecular weight is 427 g/mol. The van der Waals surface area contributed by atoms with Gasteiger partial charge in [0.05, 0.1) is 22.8 Å². The second-order valence-corrected chi connectivity index (χ2v) is 7.27. The Morgan fingerprint density at radius 1 is 0.966 bits per heavy atom. The lowest BCUT2D eigenvalue weighted by Crippen LogP contribution is -2.12. The number of hydrogen-bond acceptors (Lipinski definition) is 4. The van der Waals surface area contributed by atoms with E-state index in [0.717, 1.165) is 16.8 Å². The van der Waals surface area contributed by atoms with Gasteiger partial charge >= 0.3 is 0 Å². The van der Waals surface area contributed by atoms with Crippen molar-refractivity contribution in [1.82, 2.24) is 15.0 Å². The van der Waals surface area contributed by atoms with E-state index in [1.165, 1.54) is 19.2 Å². The van der Waals surface area contributed by atoms with Gasteiger partial charge < -0.3 is 10.1 Å². The van der Waals surface area contributed by atoms with Gasteiger partial charge in [-0.25, -0.2) is 0 Å². The molecule has 6 nitrogen and oxygen atoms in total. The van der Waals surface area contributed by atoms with Crippen LogP contribution >= 0.6 is 23.2 Å². The summed E-state index contributed by atoms with van der Waals surface area (Å²) < 4.78 is 5.11. The van der Waals surface area contributed by atoms with E-state index in [1.807, 2.05) is 31.2 Å². The lowest BCUT2D eigenvalue weighted by atomic mass is 10.2. The minimum absolute atomic E-state index is 0.265. The molecule has 1 amide bonds. The molecule has 0 saturated heterocycles. The topological polar surface area (TPSA) is 69.0 Å². The van der Waals surface area contributed by atoms with Crippen LogP contribution < -0.4 is 10.1 Å². The number of aromatic nitrogens is 3. The first kappa shape index (κ1) is 19.2. The minimum Gasteiger partial charge on any atom is -0.494 e. The summed E-state index contributed by atoms with van der Waals surface area (Å²) in [5.74, 6) is -0.0132. The number of fused-ring (bicyclic) bond motifs is 1. The zero-order chi connectivity index (χ0) is 20.5. The summed E-state index contributed by atoms with van der Waals surface area (Å²) in [4.78, 5) is 14.2. The van der Waals surface area contributed by atoms with Crippen LogP contribution in [0.15, 0.2) is 54.6 Å². The van der Waals surface area contributed by atoms with E-state index in [1.54, 1.807) is 23.0 Å². The monoisotopic (exact) mass is 426 g/mol. The maximum Gasteiger partial charge on any atom is 0.255 e. The fraction of sp³-hybridized carbons (Fsp3) is 0.0952. The number of rotatable bonds is 4. The van der Waals surface area contributed by atoms with Crippen LogP contribution in [0.4, 0.5) is 5.69 Å². The van der Waals surface area contributed by atoms with Crippen molar-refractivity contribution in [1.29, 1.82) is 0 Å². The van der Waals surface area contributed by atoms with E-state index in [4.69, 9.17) is 27.9 Å². The highest BCUT2D eigenvalue weighted by Crippen LogP contribution is 2.34. The number of amides is 1. The van der Waals surface area contributed by atoms with Gasteiger partial charge in [0.15, 0.2) is 5.75 Å². The molecule has 0 aliphatic rings. The normalized spacial score (nSPS) is 10.9. The number of nitrogens with one attached hydrogen (secondary N) is 1. The van der Waals surface area contributed by atoms with Crippen molar-refractivity contribution >= 4 is 45.8 Å². The number of ether oxygens (including phenoxy) is 1. The van der Waals surface area contributed by atoms with Gasteiger partial charge in [0.2, 0.25) is 0 Å². The number of carbonyl (C=O) groups is 1. The number of methoxy groups -OCH3 is 1. The number of anilines is 1. The molecule has 0 unspecified atom stereocenters. The average Bonchev–Trinajstić information content (AvgIpc) is 3.11. The van der Waals surface area contributed by atoms with E-state index in [-0.39, 0.29) is 16.0 Å². The van der Waals surface area contributed by atoms with Crippen molar-refractivity contribution in [3.63, 3.8) is 0 Å². The lowest BCUT2D eigenvalue weighted by Gasteiger charge is -2.09. The molecule has 8 heteroatoms. The third kappa shape index (κ3) is 3.90. The Hall–Kier alpha value is -3.09. The Labute approximate surface area is 177 Å². The second-order valence-electron chi connectivity index (χ2n) is 6.46. The molecule has 146 valence electrons. The summed E-state index contributed by atoms with van der Waals surface area (Å²) in [6.07, 6.45) is 0. The van der Waals surface area contributed by atoms with Gasteiger partial charge in [-0.2, -0.15) is 4.80 Å². The fourth-order valence-corrected chi connectivity index (χ4v) is 3.52. The molecule has 0 atom stereocenters. The molecule has 1 aromatic heterocycles. The van der Waals surface area contributed by atoms with Gasteiger partial charge in [-0.3, -0.25) is 4.79 Å². The van der Waals surface area contributed by atoms with Gasteiger partial charge in [0.1, 0.15) is 11.0 Å². The van der Waals surface area contributed by atoms with E-state index in [9.17, 15) is 4.79 Å². The summed E-state index contributed by atoms with van der Waals surface area (Å²) in [7, 11) is 1.46. The molecule has 0 radical (unpaired) electrons. The predicted octanol–water partition coefficient (Wildman–Crippen LogP) is 5.30. The Morgan fingerprint density at radius 2 is 1.62 bits per heavy atom.